The summed E-state index contributed by atoms with van der Waals surface area (Å²) in [5.74, 6) is -0.0595. The van der Waals surface area contributed by atoms with E-state index in [1.165, 1.54) is 0 Å². The SMILES string of the molecule is O=C(O)C1(c2cc(Br)cc3c2OCOC3)CCC1. The number of aliphatic carboxylic acids is 1. The summed E-state index contributed by atoms with van der Waals surface area (Å²) < 4.78 is 11.6. The van der Waals surface area contributed by atoms with E-state index in [0.717, 1.165) is 22.0 Å². The average molecular weight is 313 g/mol. The Labute approximate surface area is 113 Å². The number of carbonyl (C=O) groups is 1. The van der Waals surface area contributed by atoms with Crippen molar-refractivity contribution in [2.45, 2.75) is 31.3 Å². The second kappa shape index (κ2) is 4.24. The molecule has 1 fully saturated rings. The minimum absolute atomic E-state index is 0.192. The predicted molar refractivity (Wildman–Crippen MR) is 67.6 cm³/mol. The van der Waals surface area contributed by atoms with Crippen LogP contribution in [0.4, 0.5) is 0 Å². The van der Waals surface area contributed by atoms with Crippen LogP contribution >= 0.6 is 15.9 Å². The number of hydrogen-bond donors (Lipinski definition) is 1. The minimum Gasteiger partial charge on any atom is -0.481 e. The van der Waals surface area contributed by atoms with Crippen molar-refractivity contribution in [3.05, 3.63) is 27.7 Å². The van der Waals surface area contributed by atoms with E-state index in [2.05, 4.69) is 15.9 Å². The van der Waals surface area contributed by atoms with E-state index < -0.39 is 11.4 Å². The van der Waals surface area contributed by atoms with Gasteiger partial charge in [-0.05, 0) is 25.0 Å². The van der Waals surface area contributed by atoms with Crippen molar-refractivity contribution in [1.29, 1.82) is 0 Å². The van der Waals surface area contributed by atoms with E-state index in [-0.39, 0.29) is 6.79 Å². The van der Waals surface area contributed by atoms with Crippen LogP contribution in [-0.2, 0) is 21.6 Å². The fraction of sp³-hybridized carbons (Fsp3) is 0.462. The summed E-state index contributed by atoms with van der Waals surface area (Å²) in [6.45, 7) is 0.662. The van der Waals surface area contributed by atoms with E-state index in [1.807, 2.05) is 12.1 Å². The number of carboxylic acid groups (broad SMARTS) is 1. The number of ether oxygens (including phenoxy) is 2. The lowest BCUT2D eigenvalue weighted by Crippen LogP contribution is -2.43. The van der Waals surface area contributed by atoms with Crippen molar-refractivity contribution in [2.24, 2.45) is 0 Å². The molecule has 3 rings (SSSR count). The monoisotopic (exact) mass is 312 g/mol. The molecule has 0 bridgehead atoms. The fourth-order valence-corrected chi connectivity index (χ4v) is 3.17. The van der Waals surface area contributed by atoms with Crippen LogP contribution in [-0.4, -0.2) is 17.9 Å². The first kappa shape index (κ1) is 12.0. The van der Waals surface area contributed by atoms with Crippen LogP contribution in [0.15, 0.2) is 16.6 Å². The van der Waals surface area contributed by atoms with Gasteiger partial charge in [-0.2, -0.15) is 0 Å². The molecule has 0 spiro atoms. The Bertz CT molecular complexity index is 508. The second-order valence-corrected chi connectivity index (χ2v) is 5.71. The fourth-order valence-electron chi connectivity index (χ4n) is 2.66. The van der Waals surface area contributed by atoms with Crippen LogP contribution in [0.1, 0.15) is 30.4 Å². The highest BCUT2D eigenvalue weighted by molar-refractivity contribution is 9.10. The zero-order valence-electron chi connectivity index (χ0n) is 9.74. The van der Waals surface area contributed by atoms with Crippen molar-refractivity contribution >= 4 is 21.9 Å². The van der Waals surface area contributed by atoms with Crippen LogP contribution in [0.25, 0.3) is 0 Å². The van der Waals surface area contributed by atoms with E-state index in [0.29, 0.717) is 25.2 Å². The normalized spacial score (nSPS) is 20.5. The summed E-state index contributed by atoms with van der Waals surface area (Å²) in [5, 5.41) is 9.53. The van der Waals surface area contributed by atoms with Gasteiger partial charge < -0.3 is 14.6 Å². The molecule has 1 N–H and O–H groups in total. The van der Waals surface area contributed by atoms with Crippen LogP contribution < -0.4 is 4.74 Å². The standard InChI is InChI=1S/C13H13BrO4/c14-9-4-8-6-17-7-18-11(8)10(5-9)13(12(15)16)2-1-3-13/h4-5H,1-3,6-7H2,(H,15,16). The van der Waals surface area contributed by atoms with Crippen molar-refractivity contribution in [1.82, 2.24) is 0 Å². The van der Waals surface area contributed by atoms with Gasteiger partial charge in [0.2, 0.25) is 0 Å². The first-order chi connectivity index (χ1) is 8.63. The predicted octanol–water partition coefficient (Wildman–Crippen LogP) is 2.82. The van der Waals surface area contributed by atoms with Crippen LogP contribution in [0.3, 0.4) is 0 Å². The van der Waals surface area contributed by atoms with Gasteiger partial charge in [-0.15, -0.1) is 0 Å². The number of benzene rings is 1. The highest BCUT2D eigenvalue weighted by Gasteiger charge is 2.48. The van der Waals surface area contributed by atoms with E-state index in [9.17, 15) is 9.90 Å². The van der Waals surface area contributed by atoms with Gasteiger partial charge in [0.25, 0.3) is 0 Å². The van der Waals surface area contributed by atoms with Crippen molar-refractivity contribution < 1.29 is 19.4 Å². The summed E-state index contributed by atoms with van der Waals surface area (Å²) >= 11 is 3.43. The highest BCUT2D eigenvalue weighted by Crippen LogP contribution is 2.49. The lowest BCUT2D eigenvalue weighted by atomic mass is 9.64. The molecule has 1 heterocycles. The molecule has 0 amide bonds. The number of carboxylic acids is 1. The molecule has 0 radical (unpaired) electrons. The van der Waals surface area contributed by atoms with Gasteiger partial charge in [-0.3, -0.25) is 4.79 Å². The highest BCUT2D eigenvalue weighted by atomic mass is 79.9. The summed E-state index contributed by atoms with van der Waals surface area (Å²) in [7, 11) is 0. The topological polar surface area (TPSA) is 55.8 Å². The first-order valence-corrected chi connectivity index (χ1v) is 6.70. The molecule has 4 nitrogen and oxygen atoms in total. The quantitative estimate of drug-likeness (QED) is 0.912. The lowest BCUT2D eigenvalue weighted by Gasteiger charge is -2.40. The van der Waals surface area contributed by atoms with Gasteiger partial charge in [0.15, 0.2) is 6.79 Å². The molecule has 1 aromatic rings. The summed E-state index contributed by atoms with van der Waals surface area (Å²) in [6, 6.07) is 3.80. The molecule has 0 saturated heterocycles. The van der Waals surface area contributed by atoms with Crippen molar-refractivity contribution in [3.8, 4) is 5.75 Å². The van der Waals surface area contributed by atoms with Gasteiger partial charge >= 0.3 is 5.97 Å². The molecule has 1 aromatic carbocycles. The number of halogens is 1. The number of fused-ring (bicyclic) bond motifs is 1. The van der Waals surface area contributed by atoms with Gasteiger partial charge in [0.1, 0.15) is 5.75 Å². The first-order valence-electron chi connectivity index (χ1n) is 5.90. The average Bonchev–Trinajstić information content (AvgIpc) is 2.26. The third-order valence-electron chi connectivity index (χ3n) is 3.81. The summed E-state index contributed by atoms with van der Waals surface area (Å²) in [6.07, 6.45) is 2.30. The molecular weight excluding hydrogens is 300 g/mol. The molecule has 96 valence electrons. The van der Waals surface area contributed by atoms with Gasteiger partial charge in [-0.25, -0.2) is 0 Å². The van der Waals surface area contributed by atoms with E-state index >= 15 is 0 Å². The zero-order valence-corrected chi connectivity index (χ0v) is 11.3. The van der Waals surface area contributed by atoms with Gasteiger partial charge in [0, 0.05) is 15.6 Å². The van der Waals surface area contributed by atoms with Gasteiger partial charge in [-0.1, -0.05) is 22.4 Å². The molecule has 5 heteroatoms. The summed E-state index contributed by atoms with van der Waals surface area (Å²) in [5.41, 5.74) is 0.928. The molecule has 1 aliphatic carbocycles. The zero-order chi connectivity index (χ0) is 12.8. The van der Waals surface area contributed by atoms with Crippen molar-refractivity contribution in [3.63, 3.8) is 0 Å². The van der Waals surface area contributed by atoms with Gasteiger partial charge in [0.05, 0.1) is 12.0 Å². The van der Waals surface area contributed by atoms with Crippen LogP contribution in [0, 0.1) is 0 Å². The van der Waals surface area contributed by atoms with E-state index in [1.54, 1.807) is 0 Å². The Balaban J connectivity index is 2.16. The van der Waals surface area contributed by atoms with E-state index in [4.69, 9.17) is 9.47 Å². The Morgan fingerprint density at radius 1 is 1.39 bits per heavy atom. The largest absolute Gasteiger partial charge is 0.481 e. The third kappa shape index (κ3) is 1.65. The number of rotatable bonds is 2. The molecule has 18 heavy (non-hydrogen) atoms. The minimum atomic E-state index is -0.773. The van der Waals surface area contributed by atoms with Crippen molar-refractivity contribution in [2.75, 3.05) is 6.79 Å². The molecular formula is C13H13BrO4. The molecule has 0 atom stereocenters. The lowest BCUT2D eigenvalue weighted by molar-refractivity contribution is -0.147. The Morgan fingerprint density at radius 3 is 2.78 bits per heavy atom. The molecule has 2 aliphatic rings. The smallest absolute Gasteiger partial charge is 0.314 e. The maximum Gasteiger partial charge on any atom is 0.314 e. The van der Waals surface area contributed by atoms with Crippen LogP contribution in [0.2, 0.25) is 0 Å². The number of hydrogen-bond acceptors (Lipinski definition) is 3. The third-order valence-corrected chi connectivity index (χ3v) is 4.26. The second-order valence-electron chi connectivity index (χ2n) is 4.79. The molecule has 0 unspecified atom stereocenters. The summed E-state index contributed by atoms with van der Waals surface area (Å²) in [4.78, 5) is 11.6. The maximum atomic E-state index is 11.6. The van der Waals surface area contributed by atoms with Crippen LogP contribution in [0.5, 0.6) is 5.75 Å². The Morgan fingerprint density at radius 2 is 2.17 bits per heavy atom. The molecule has 0 aromatic heterocycles. The molecule has 1 saturated carbocycles. The Kier molecular flexibility index (Phi) is 2.83. The Hall–Kier alpha value is -1.07. The maximum absolute atomic E-state index is 11.6. The molecule has 1 aliphatic heterocycles.